The van der Waals surface area contributed by atoms with E-state index in [1.807, 2.05) is 43.3 Å². The second-order valence-electron chi connectivity index (χ2n) is 5.47. The first-order valence-corrected chi connectivity index (χ1v) is 9.24. The van der Waals surface area contributed by atoms with E-state index in [9.17, 15) is 4.79 Å². The molecule has 0 unspecified atom stereocenters. The van der Waals surface area contributed by atoms with Gasteiger partial charge in [0.05, 0.1) is 17.8 Å². The number of anilines is 2. The number of fused-ring (bicyclic) bond motifs is 1. The molecule has 1 heterocycles. The number of hydrogen-bond donors (Lipinski definition) is 1. The van der Waals surface area contributed by atoms with E-state index < -0.39 is 5.97 Å². The topological polar surface area (TPSA) is 51.2 Å². The summed E-state index contributed by atoms with van der Waals surface area (Å²) in [5.41, 5.74) is 3.58. The summed E-state index contributed by atoms with van der Waals surface area (Å²) >= 11 is 8.47. The van der Waals surface area contributed by atoms with Gasteiger partial charge in [-0.1, -0.05) is 11.6 Å². The van der Waals surface area contributed by atoms with Gasteiger partial charge in [0.15, 0.2) is 0 Å². The van der Waals surface area contributed by atoms with Crippen LogP contribution in [0.15, 0.2) is 42.6 Å². The first kappa shape index (κ1) is 17.9. The number of ether oxygens (including phenoxy) is 1. The predicted octanol–water partition coefficient (Wildman–Crippen LogP) is 5.72. The maximum Gasteiger partial charge on any atom is 0.341 e. The van der Waals surface area contributed by atoms with E-state index >= 15 is 0 Å². The fourth-order valence-electron chi connectivity index (χ4n) is 2.56. The number of aryl methyl sites for hydroxylation is 1. The van der Waals surface area contributed by atoms with Gasteiger partial charge in [-0.15, -0.1) is 0 Å². The Morgan fingerprint density at radius 3 is 2.64 bits per heavy atom. The Kier molecular flexibility index (Phi) is 5.44. The molecule has 0 aliphatic heterocycles. The first-order chi connectivity index (χ1) is 12.0. The Morgan fingerprint density at radius 2 is 1.96 bits per heavy atom. The predicted molar refractivity (Wildman–Crippen MR) is 110 cm³/mol. The highest BCUT2D eigenvalue weighted by Gasteiger charge is 2.18. The van der Waals surface area contributed by atoms with Gasteiger partial charge in [-0.3, -0.25) is 4.98 Å². The van der Waals surface area contributed by atoms with Gasteiger partial charge in [-0.05, 0) is 78.4 Å². The number of benzene rings is 2. The molecule has 1 aromatic heterocycles. The van der Waals surface area contributed by atoms with E-state index in [1.54, 1.807) is 13.1 Å². The molecule has 2 aromatic carbocycles. The van der Waals surface area contributed by atoms with Crippen LogP contribution in [0.4, 0.5) is 11.4 Å². The molecule has 128 valence electrons. The fraction of sp³-hybridized carbons (Fsp3) is 0.158. The van der Waals surface area contributed by atoms with Gasteiger partial charge >= 0.3 is 5.97 Å². The Hall–Kier alpha value is -1.86. The highest BCUT2D eigenvalue weighted by atomic mass is 127. The third-order valence-corrected chi connectivity index (χ3v) is 4.96. The maximum absolute atomic E-state index is 12.4. The summed E-state index contributed by atoms with van der Waals surface area (Å²) < 4.78 is 6.32. The molecule has 0 spiro atoms. The van der Waals surface area contributed by atoms with Crippen LogP contribution < -0.4 is 5.32 Å². The summed E-state index contributed by atoms with van der Waals surface area (Å²) in [7, 11) is 0. The molecule has 1 N–H and O–H groups in total. The van der Waals surface area contributed by atoms with Crippen molar-refractivity contribution in [3.8, 4) is 0 Å². The molecule has 0 bridgehead atoms. The van der Waals surface area contributed by atoms with Crippen molar-refractivity contribution < 1.29 is 9.53 Å². The van der Waals surface area contributed by atoms with Crippen molar-refractivity contribution in [3.63, 3.8) is 0 Å². The van der Waals surface area contributed by atoms with Crippen molar-refractivity contribution in [1.29, 1.82) is 0 Å². The molecule has 3 rings (SSSR count). The molecule has 4 nitrogen and oxygen atoms in total. The molecule has 6 heteroatoms. The number of esters is 1. The van der Waals surface area contributed by atoms with Crippen molar-refractivity contribution in [2.75, 3.05) is 11.9 Å². The molecule has 0 saturated heterocycles. The van der Waals surface area contributed by atoms with E-state index in [-0.39, 0.29) is 0 Å². The van der Waals surface area contributed by atoms with E-state index in [0.717, 1.165) is 25.7 Å². The zero-order chi connectivity index (χ0) is 18.0. The molecule has 25 heavy (non-hydrogen) atoms. The first-order valence-electron chi connectivity index (χ1n) is 7.78. The average molecular weight is 467 g/mol. The Bertz CT molecular complexity index is 942. The quantitative estimate of drug-likeness (QED) is 0.395. The van der Waals surface area contributed by atoms with Crippen molar-refractivity contribution in [3.05, 3.63) is 62.3 Å². The summed E-state index contributed by atoms with van der Waals surface area (Å²) in [6.45, 7) is 4.00. The number of pyridine rings is 1. The average Bonchev–Trinajstić information content (AvgIpc) is 2.60. The number of halogens is 2. The van der Waals surface area contributed by atoms with Crippen LogP contribution in [0.1, 0.15) is 22.8 Å². The molecule has 0 radical (unpaired) electrons. The second-order valence-corrected chi connectivity index (χ2v) is 7.12. The minimum Gasteiger partial charge on any atom is -0.462 e. The van der Waals surface area contributed by atoms with Crippen molar-refractivity contribution in [2.24, 2.45) is 0 Å². The Morgan fingerprint density at radius 1 is 1.24 bits per heavy atom. The van der Waals surface area contributed by atoms with Crippen molar-refractivity contribution in [2.45, 2.75) is 13.8 Å². The van der Waals surface area contributed by atoms with Crippen LogP contribution in [0.5, 0.6) is 0 Å². The van der Waals surface area contributed by atoms with Gasteiger partial charge < -0.3 is 10.1 Å². The van der Waals surface area contributed by atoms with Gasteiger partial charge in [0.25, 0.3) is 0 Å². The normalized spacial score (nSPS) is 10.7. The third-order valence-electron chi connectivity index (χ3n) is 3.84. The van der Waals surface area contributed by atoms with E-state index in [1.165, 1.54) is 0 Å². The van der Waals surface area contributed by atoms with Crippen LogP contribution in [0.2, 0.25) is 5.02 Å². The van der Waals surface area contributed by atoms with Crippen molar-refractivity contribution >= 4 is 62.4 Å². The van der Waals surface area contributed by atoms with Crippen LogP contribution in [0.25, 0.3) is 10.9 Å². The summed E-state index contributed by atoms with van der Waals surface area (Å²) in [6, 6.07) is 11.6. The van der Waals surface area contributed by atoms with Gasteiger partial charge in [0.2, 0.25) is 0 Å². The molecule has 0 fully saturated rings. The standard InChI is InChI=1S/C19H16ClIN2O2/c1-3-25-19(24)15-10-22-17-11(2)16(20)9-8-14(17)18(15)23-13-6-4-12(21)5-7-13/h4-10H,3H2,1-2H3,(H,22,23). The summed E-state index contributed by atoms with van der Waals surface area (Å²) in [5.74, 6) is -0.405. The summed E-state index contributed by atoms with van der Waals surface area (Å²) in [6.07, 6.45) is 1.54. The zero-order valence-corrected chi connectivity index (χ0v) is 16.7. The van der Waals surface area contributed by atoms with E-state index in [4.69, 9.17) is 16.3 Å². The third kappa shape index (κ3) is 3.72. The Labute approximate surface area is 164 Å². The lowest BCUT2D eigenvalue weighted by Crippen LogP contribution is -2.09. The highest BCUT2D eigenvalue weighted by molar-refractivity contribution is 14.1. The Balaban J connectivity index is 2.19. The van der Waals surface area contributed by atoms with Gasteiger partial charge in [0, 0.05) is 25.9 Å². The number of hydrogen-bond acceptors (Lipinski definition) is 4. The summed E-state index contributed by atoms with van der Waals surface area (Å²) in [5, 5.41) is 4.81. The molecule has 0 saturated carbocycles. The smallest absolute Gasteiger partial charge is 0.341 e. The molecule has 0 atom stereocenters. The number of rotatable bonds is 4. The highest BCUT2D eigenvalue weighted by Crippen LogP contribution is 2.33. The lowest BCUT2D eigenvalue weighted by atomic mass is 10.1. The minimum absolute atomic E-state index is 0.305. The van der Waals surface area contributed by atoms with E-state index in [0.29, 0.717) is 22.9 Å². The molecule has 0 aliphatic rings. The monoisotopic (exact) mass is 466 g/mol. The number of carbonyl (C=O) groups is 1. The molecular formula is C19H16ClIN2O2. The lowest BCUT2D eigenvalue weighted by molar-refractivity contribution is 0.0527. The number of carbonyl (C=O) groups excluding carboxylic acids is 1. The van der Waals surface area contributed by atoms with Crippen LogP contribution in [-0.2, 0) is 4.74 Å². The van der Waals surface area contributed by atoms with Crippen molar-refractivity contribution in [1.82, 2.24) is 4.98 Å². The van der Waals surface area contributed by atoms with Crippen LogP contribution in [-0.4, -0.2) is 17.6 Å². The molecule has 3 aromatic rings. The van der Waals surface area contributed by atoms with Crippen LogP contribution >= 0.6 is 34.2 Å². The second kappa shape index (κ2) is 7.58. The zero-order valence-electron chi connectivity index (χ0n) is 13.8. The molecular weight excluding hydrogens is 451 g/mol. The molecule has 0 aliphatic carbocycles. The SMILES string of the molecule is CCOC(=O)c1cnc2c(C)c(Cl)ccc2c1Nc1ccc(I)cc1. The number of nitrogens with zero attached hydrogens (tertiary/aromatic N) is 1. The van der Waals surface area contributed by atoms with Gasteiger partial charge in [-0.25, -0.2) is 4.79 Å². The van der Waals surface area contributed by atoms with Crippen LogP contribution in [0.3, 0.4) is 0 Å². The summed E-state index contributed by atoms with van der Waals surface area (Å²) in [4.78, 5) is 16.8. The minimum atomic E-state index is -0.405. The van der Waals surface area contributed by atoms with Crippen LogP contribution in [0, 0.1) is 10.5 Å². The van der Waals surface area contributed by atoms with E-state index in [2.05, 4.69) is 32.9 Å². The molecule has 0 amide bonds. The fourth-order valence-corrected chi connectivity index (χ4v) is 3.07. The number of aromatic nitrogens is 1. The maximum atomic E-state index is 12.4. The lowest BCUT2D eigenvalue weighted by Gasteiger charge is -2.15. The largest absolute Gasteiger partial charge is 0.462 e. The number of nitrogens with one attached hydrogen (secondary N) is 1. The van der Waals surface area contributed by atoms with Gasteiger partial charge in [-0.2, -0.15) is 0 Å². The van der Waals surface area contributed by atoms with Gasteiger partial charge in [0.1, 0.15) is 5.56 Å².